The van der Waals surface area contributed by atoms with Crippen LogP contribution in [0.4, 0.5) is 0 Å². The fraction of sp³-hybridized carbons (Fsp3) is 0.625. The second kappa shape index (κ2) is 4.41. The minimum Gasteiger partial charge on any atom is -0.496 e. The van der Waals surface area contributed by atoms with E-state index >= 15 is 0 Å². The van der Waals surface area contributed by atoms with Crippen LogP contribution < -0.4 is 14.8 Å². The lowest BCUT2D eigenvalue weighted by Crippen LogP contribution is -2.20. The van der Waals surface area contributed by atoms with Gasteiger partial charge < -0.3 is 14.8 Å². The van der Waals surface area contributed by atoms with E-state index in [0.29, 0.717) is 11.5 Å². The Morgan fingerprint density at radius 2 is 2.16 bits per heavy atom. The minimum absolute atomic E-state index is 0.283. The number of hydrogen-bond donors (Lipinski definition) is 1. The second-order valence-electron chi connectivity index (χ2n) is 6.53. The zero-order valence-corrected chi connectivity index (χ0v) is 12.2. The number of ether oxygens (including phenoxy) is 2. The highest BCUT2D eigenvalue weighted by atomic mass is 16.5. The van der Waals surface area contributed by atoms with Gasteiger partial charge in [0.2, 0.25) is 0 Å². The van der Waals surface area contributed by atoms with Crippen molar-refractivity contribution in [1.82, 2.24) is 5.32 Å². The van der Waals surface area contributed by atoms with Crippen molar-refractivity contribution in [2.45, 2.75) is 52.3 Å². The molecule has 1 aliphatic heterocycles. The van der Waals surface area contributed by atoms with Crippen LogP contribution in [0.25, 0.3) is 0 Å². The first kappa shape index (κ1) is 12.8. The van der Waals surface area contributed by atoms with Crippen LogP contribution >= 0.6 is 0 Å². The van der Waals surface area contributed by atoms with E-state index in [2.05, 4.69) is 38.2 Å². The van der Waals surface area contributed by atoms with Crippen molar-refractivity contribution < 1.29 is 9.47 Å². The molecule has 0 aromatic heterocycles. The molecule has 1 aromatic carbocycles. The molecule has 104 valence electrons. The predicted octanol–water partition coefficient (Wildman–Crippen LogP) is 2.91. The Morgan fingerprint density at radius 3 is 2.79 bits per heavy atom. The highest BCUT2D eigenvalue weighted by Gasteiger charge is 2.45. The first-order valence-corrected chi connectivity index (χ1v) is 7.09. The van der Waals surface area contributed by atoms with E-state index in [0.717, 1.165) is 24.5 Å². The third kappa shape index (κ3) is 2.44. The summed E-state index contributed by atoms with van der Waals surface area (Å²) in [4.78, 5) is 0. The van der Waals surface area contributed by atoms with Crippen LogP contribution in [0.15, 0.2) is 12.1 Å². The molecule has 1 aliphatic carbocycles. The summed E-state index contributed by atoms with van der Waals surface area (Å²) in [5.74, 6) is 2.00. The molecule has 2 unspecified atom stereocenters. The smallest absolute Gasteiger partial charge is 0.123 e. The van der Waals surface area contributed by atoms with Gasteiger partial charge in [0.25, 0.3) is 0 Å². The normalized spacial score (nSPS) is 26.7. The van der Waals surface area contributed by atoms with E-state index in [4.69, 9.17) is 9.47 Å². The van der Waals surface area contributed by atoms with Crippen molar-refractivity contribution in [1.29, 1.82) is 0 Å². The van der Waals surface area contributed by atoms with E-state index < -0.39 is 0 Å². The van der Waals surface area contributed by atoms with Crippen LogP contribution in [0.5, 0.6) is 11.5 Å². The van der Waals surface area contributed by atoms with Crippen LogP contribution in [-0.4, -0.2) is 19.3 Å². The summed E-state index contributed by atoms with van der Waals surface area (Å²) < 4.78 is 11.3. The molecular weight excluding hydrogens is 238 g/mol. The predicted molar refractivity (Wildman–Crippen MR) is 75.8 cm³/mol. The Kier molecular flexibility index (Phi) is 2.97. The molecule has 1 aromatic rings. The van der Waals surface area contributed by atoms with Crippen LogP contribution in [0.2, 0.25) is 0 Å². The standard InChI is InChI=1S/C16H23NO2/c1-10-5-11-6-13(18-4)12(7-14(11)19-10)9-17-15-8-16(15,2)3/h6-7,10,15,17H,5,8-9H2,1-4H3. The molecule has 0 radical (unpaired) electrons. The van der Waals surface area contributed by atoms with Gasteiger partial charge in [-0.05, 0) is 30.9 Å². The Bertz CT molecular complexity index is 496. The van der Waals surface area contributed by atoms with Gasteiger partial charge in [-0.2, -0.15) is 0 Å². The number of benzene rings is 1. The van der Waals surface area contributed by atoms with Crippen LogP contribution in [-0.2, 0) is 13.0 Å². The van der Waals surface area contributed by atoms with Gasteiger partial charge in [-0.15, -0.1) is 0 Å². The molecule has 1 fully saturated rings. The molecule has 19 heavy (non-hydrogen) atoms. The van der Waals surface area contributed by atoms with Crippen LogP contribution in [0, 0.1) is 5.41 Å². The van der Waals surface area contributed by atoms with Crippen LogP contribution in [0.1, 0.15) is 38.3 Å². The lowest BCUT2D eigenvalue weighted by atomic mass is 10.1. The number of nitrogens with one attached hydrogen (secondary N) is 1. The summed E-state index contributed by atoms with van der Waals surface area (Å²) in [5, 5.41) is 3.60. The molecule has 1 heterocycles. The Balaban J connectivity index is 1.75. The average Bonchev–Trinajstić information content (AvgIpc) is 2.79. The van der Waals surface area contributed by atoms with Crippen molar-refractivity contribution in [2.24, 2.45) is 5.41 Å². The molecule has 0 bridgehead atoms. The lowest BCUT2D eigenvalue weighted by Gasteiger charge is -2.12. The van der Waals surface area contributed by atoms with E-state index in [-0.39, 0.29) is 6.10 Å². The maximum absolute atomic E-state index is 5.83. The SMILES string of the molecule is COc1cc2c(cc1CNC1CC1(C)C)OC(C)C2. The summed E-state index contributed by atoms with van der Waals surface area (Å²) >= 11 is 0. The number of fused-ring (bicyclic) bond motifs is 1. The van der Waals surface area contributed by atoms with Crippen molar-refractivity contribution in [3.8, 4) is 11.5 Å². The maximum atomic E-state index is 5.83. The zero-order chi connectivity index (χ0) is 13.6. The topological polar surface area (TPSA) is 30.5 Å². The van der Waals surface area contributed by atoms with Crippen molar-refractivity contribution in [3.05, 3.63) is 23.3 Å². The Labute approximate surface area is 115 Å². The van der Waals surface area contributed by atoms with Crippen molar-refractivity contribution in [2.75, 3.05) is 7.11 Å². The minimum atomic E-state index is 0.283. The van der Waals surface area contributed by atoms with Gasteiger partial charge in [0.1, 0.15) is 17.6 Å². The van der Waals surface area contributed by atoms with Gasteiger partial charge in [0.05, 0.1) is 7.11 Å². The van der Waals surface area contributed by atoms with E-state index in [1.807, 2.05) is 0 Å². The molecule has 0 saturated heterocycles. The van der Waals surface area contributed by atoms with Crippen molar-refractivity contribution >= 4 is 0 Å². The van der Waals surface area contributed by atoms with Gasteiger partial charge in [0.15, 0.2) is 0 Å². The van der Waals surface area contributed by atoms with Gasteiger partial charge >= 0.3 is 0 Å². The van der Waals surface area contributed by atoms with Gasteiger partial charge in [-0.3, -0.25) is 0 Å². The molecule has 2 atom stereocenters. The second-order valence-corrected chi connectivity index (χ2v) is 6.53. The molecular formula is C16H23NO2. The van der Waals surface area contributed by atoms with Gasteiger partial charge in [0, 0.05) is 30.1 Å². The quantitative estimate of drug-likeness (QED) is 0.904. The van der Waals surface area contributed by atoms with E-state index in [1.165, 1.54) is 17.5 Å². The van der Waals surface area contributed by atoms with Gasteiger partial charge in [-0.1, -0.05) is 13.8 Å². The van der Waals surface area contributed by atoms with Crippen molar-refractivity contribution in [3.63, 3.8) is 0 Å². The number of rotatable bonds is 4. The first-order chi connectivity index (χ1) is 8.99. The third-order valence-corrected chi connectivity index (χ3v) is 4.35. The zero-order valence-electron chi connectivity index (χ0n) is 12.2. The van der Waals surface area contributed by atoms with Gasteiger partial charge in [-0.25, -0.2) is 0 Å². The summed E-state index contributed by atoms with van der Waals surface area (Å²) in [7, 11) is 1.74. The molecule has 1 saturated carbocycles. The Hall–Kier alpha value is -1.22. The van der Waals surface area contributed by atoms with Crippen LogP contribution in [0.3, 0.4) is 0 Å². The molecule has 2 aliphatic rings. The molecule has 3 nitrogen and oxygen atoms in total. The fourth-order valence-corrected chi connectivity index (χ4v) is 2.86. The summed E-state index contributed by atoms with van der Waals surface area (Å²) in [5.41, 5.74) is 2.91. The number of methoxy groups -OCH3 is 1. The summed E-state index contributed by atoms with van der Waals surface area (Å²) in [6, 6.07) is 4.90. The summed E-state index contributed by atoms with van der Waals surface area (Å²) in [6.07, 6.45) is 2.52. The largest absolute Gasteiger partial charge is 0.496 e. The average molecular weight is 261 g/mol. The Morgan fingerprint density at radius 1 is 1.42 bits per heavy atom. The van der Waals surface area contributed by atoms with E-state index in [1.54, 1.807) is 7.11 Å². The third-order valence-electron chi connectivity index (χ3n) is 4.35. The van der Waals surface area contributed by atoms with E-state index in [9.17, 15) is 0 Å². The highest BCUT2D eigenvalue weighted by molar-refractivity contribution is 5.48. The lowest BCUT2D eigenvalue weighted by molar-refractivity contribution is 0.254. The first-order valence-electron chi connectivity index (χ1n) is 7.09. The molecule has 3 rings (SSSR count). The fourth-order valence-electron chi connectivity index (χ4n) is 2.86. The molecule has 1 N–H and O–H groups in total. The monoisotopic (exact) mass is 261 g/mol. The molecule has 0 spiro atoms. The molecule has 0 amide bonds. The number of hydrogen-bond acceptors (Lipinski definition) is 3. The summed E-state index contributed by atoms with van der Waals surface area (Å²) in [6.45, 7) is 7.56. The molecule has 3 heteroatoms. The maximum Gasteiger partial charge on any atom is 0.123 e. The highest BCUT2D eigenvalue weighted by Crippen LogP contribution is 2.45.